The van der Waals surface area contributed by atoms with Crippen molar-refractivity contribution in [2.45, 2.75) is 107 Å². The van der Waals surface area contributed by atoms with Gasteiger partial charge in [0.2, 0.25) is 23.5 Å². The molecule has 7 fully saturated rings. The molecule has 1 amide bonds. The fourth-order valence-corrected chi connectivity index (χ4v) is 8.29. The summed E-state index contributed by atoms with van der Waals surface area (Å²) in [5.41, 5.74) is -0.614. The Bertz CT molecular complexity index is 1560. The molecular weight excluding hydrogens is 549 g/mol. The number of halogens is 1. The molecule has 43 heavy (non-hydrogen) atoms. The predicted molar refractivity (Wildman–Crippen MR) is 155 cm³/mol. The first kappa shape index (κ1) is 27.4. The lowest BCUT2D eigenvalue weighted by Crippen LogP contribution is -2.71. The molecule has 3 aromatic rings. The van der Waals surface area contributed by atoms with E-state index >= 15 is 0 Å². The SMILES string of the molecule is CC(C)(C)c1noc(C23CCC(CN(C(=O)C45CC(F)(C4)C5)c4cccc(-c5noc(C6(C)COC6)n5)c4)(CC2)CC3)n1. The number of hydrogen-bond donors (Lipinski definition) is 0. The number of anilines is 1. The predicted octanol–water partition coefficient (Wildman–Crippen LogP) is 6.22. The van der Waals surface area contributed by atoms with Gasteiger partial charge in [-0.3, -0.25) is 4.79 Å². The summed E-state index contributed by atoms with van der Waals surface area (Å²) < 4.78 is 31.5. The molecular formula is C33H40FN5O4. The Balaban J connectivity index is 1.06. The molecule has 4 bridgehead atoms. The fourth-order valence-electron chi connectivity index (χ4n) is 8.29. The molecule has 0 atom stereocenters. The standard InChI is InChI=1S/C33H40FN5O4/c1-28(2,3)24-36-26(43-38-24)31-11-8-30(9-12-31,10-13-31)18-39(27(40)32-15-33(34,16-32)17-32)22-7-5-6-21(14-22)23-35-25(42-37-23)29(4)19-41-20-29/h5-7,14H,8-13,15-20H2,1-4H3. The van der Waals surface area contributed by atoms with Crippen LogP contribution in [0.4, 0.5) is 10.1 Å². The lowest BCUT2D eigenvalue weighted by molar-refractivity contribution is -0.211. The highest BCUT2D eigenvalue weighted by Gasteiger charge is 2.73. The van der Waals surface area contributed by atoms with Gasteiger partial charge in [-0.05, 0) is 82.3 Å². The van der Waals surface area contributed by atoms with Crippen molar-refractivity contribution in [3.63, 3.8) is 0 Å². The molecule has 3 heterocycles. The maximum Gasteiger partial charge on any atom is 0.237 e. The van der Waals surface area contributed by atoms with Gasteiger partial charge in [-0.2, -0.15) is 9.97 Å². The summed E-state index contributed by atoms with van der Waals surface area (Å²) in [7, 11) is 0. The molecule has 0 radical (unpaired) electrons. The molecule has 0 spiro atoms. The molecule has 0 unspecified atom stereocenters. The number of ether oxygens (including phenoxy) is 1. The summed E-state index contributed by atoms with van der Waals surface area (Å²) >= 11 is 0. The molecule has 6 aliphatic carbocycles. The van der Waals surface area contributed by atoms with Gasteiger partial charge < -0.3 is 18.7 Å². The van der Waals surface area contributed by atoms with Gasteiger partial charge in [0.25, 0.3) is 0 Å². The molecule has 9 nitrogen and oxygen atoms in total. The Kier molecular flexibility index (Phi) is 5.57. The van der Waals surface area contributed by atoms with E-state index in [0.29, 0.717) is 50.7 Å². The van der Waals surface area contributed by atoms with Crippen LogP contribution in [-0.4, -0.2) is 51.6 Å². The minimum absolute atomic E-state index is 0.00461. The number of benzene rings is 1. The number of fused-ring (bicyclic) bond motifs is 3. The van der Waals surface area contributed by atoms with Crippen LogP contribution in [0.2, 0.25) is 0 Å². The summed E-state index contributed by atoms with van der Waals surface area (Å²) in [5, 5.41) is 8.58. The van der Waals surface area contributed by atoms with E-state index in [9.17, 15) is 9.18 Å². The second kappa shape index (κ2) is 8.73. The molecule has 6 saturated carbocycles. The van der Waals surface area contributed by atoms with E-state index in [0.717, 1.165) is 61.5 Å². The van der Waals surface area contributed by atoms with Gasteiger partial charge in [-0.1, -0.05) is 43.2 Å². The average Bonchev–Trinajstić information content (AvgIpc) is 3.65. The van der Waals surface area contributed by atoms with E-state index in [1.165, 1.54) is 0 Å². The monoisotopic (exact) mass is 589 g/mol. The molecule has 1 saturated heterocycles. The Labute approximate surface area is 250 Å². The molecule has 10 heteroatoms. The number of aromatic nitrogens is 4. The smallest absolute Gasteiger partial charge is 0.237 e. The van der Waals surface area contributed by atoms with Gasteiger partial charge in [-0.25, -0.2) is 4.39 Å². The Morgan fingerprint density at radius 2 is 1.63 bits per heavy atom. The molecule has 10 rings (SSSR count). The van der Waals surface area contributed by atoms with Gasteiger partial charge in [0.1, 0.15) is 5.67 Å². The highest BCUT2D eigenvalue weighted by atomic mass is 19.1. The van der Waals surface area contributed by atoms with Crippen molar-refractivity contribution < 1.29 is 23.0 Å². The fraction of sp³-hybridized carbons (Fsp3) is 0.667. The van der Waals surface area contributed by atoms with Crippen molar-refractivity contribution in [3.05, 3.63) is 41.9 Å². The number of nitrogens with zero attached hydrogens (tertiary/aromatic N) is 5. The maximum absolute atomic E-state index is 14.6. The van der Waals surface area contributed by atoms with Gasteiger partial charge >= 0.3 is 0 Å². The van der Waals surface area contributed by atoms with Crippen LogP contribution in [0.3, 0.4) is 0 Å². The third kappa shape index (κ3) is 4.15. The summed E-state index contributed by atoms with van der Waals surface area (Å²) in [6.45, 7) is 10.1. The van der Waals surface area contributed by atoms with Crippen LogP contribution < -0.4 is 4.90 Å². The van der Waals surface area contributed by atoms with E-state index in [1.54, 1.807) is 0 Å². The van der Waals surface area contributed by atoms with E-state index in [-0.39, 0.29) is 27.6 Å². The largest absolute Gasteiger partial charge is 0.379 e. The minimum Gasteiger partial charge on any atom is -0.379 e. The maximum atomic E-state index is 14.6. The molecule has 228 valence electrons. The molecule has 7 aliphatic rings. The number of hydrogen-bond acceptors (Lipinski definition) is 8. The first-order chi connectivity index (χ1) is 20.3. The van der Waals surface area contributed by atoms with Crippen LogP contribution in [0, 0.1) is 10.8 Å². The zero-order chi connectivity index (χ0) is 29.9. The lowest BCUT2D eigenvalue weighted by atomic mass is 9.41. The van der Waals surface area contributed by atoms with Crippen LogP contribution in [0.15, 0.2) is 33.3 Å². The summed E-state index contributed by atoms with van der Waals surface area (Å²) in [6, 6.07) is 7.86. The first-order valence-corrected chi connectivity index (χ1v) is 15.7. The van der Waals surface area contributed by atoms with Gasteiger partial charge in [-0.15, -0.1) is 0 Å². The van der Waals surface area contributed by atoms with Crippen LogP contribution in [0.25, 0.3) is 11.4 Å². The highest BCUT2D eigenvalue weighted by Crippen LogP contribution is 2.70. The molecule has 1 aromatic carbocycles. The number of rotatable bonds is 7. The number of carbonyl (C=O) groups excluding carboxylic acids is 1. The van der Waals surface area contributed by atoms with E-state index in [4.69, 9.17) is 18.8 Å². The number of amides is 1. The zero-order valence-corrected chi connectivity index (χ0v) is 25.5. The molecule has 1 aliphatic heterocycles. The minimum atomic E-state index is -1.14. The Morgan fingerprint density at radius 3 is 2.21 bits per heavy atom. The van der Waals surface area contributed by atoms with Gasteiger partial charge in [0.05, 0.1) is 24.0 Å². The Hall–Kier alpha value is -3.14. The number of alkyl halides is 1. The van der Waals surface area contributed by atoms with Crippen LogP contribution >= 0.6 is 0 Å². The third-order valence-electron chi connectivity index (χ3n) is 11.3. The summed E-state index contributed by atoms with van der Waals surface area (Å²) in [4.78, 5) is 25.8. The first-order valence-electron chi connectivity index (χ1n) is 15.7. The number of carbonyl (C=O) groups is 1. The molecule has 0 N–H and O–H groups in total. The van der Waals surface area contributed by atoms with Crippen LogP contribution in [-0.2, 0) is 25.8 Å². The summed E-state index contributed by atoms with van der Waals surface area (Å²) in [6.07, 6.45) is 6.87. The van der Waals surface area contributed by atoms with Crippen molar-refractivity contribution in [2.24, 2.45) is 10.8 Å². The average molecular weight is 590 g/mol. The second-order valence-electron chi connectivity index (χ2n) is 15.8. The van der Waals surface area contributed by atoms with Gasteiger partial charge in [0, 0.05) is 28.6 Å². The van der Waals surface area contributed by atoms with E-state index in [2.05, 4.69) is 43.0 Å². The van der Waals surface area contributed by atoms with E-state index < -0.39 is 11.1 Å². The zero-order valence-electron chi connectivity index (χ0n) is 25.5. The third-order valence-corrected chi connectivity index (χ3v) is 11.3. The van der Waals surface area contributed by atoms with Crippen LogP contribution in [0.5, 0.6) is 0 Å². The van der Waals surface area contributed by atoms with Crippen molar-refractivity contribution in [3.8, 4) is 11.4 Å². The van der Waals surface area contributed by atoms with Crippen molar-refractivity contribution >= 4 is 11.6 Å². The quantitative estimate of drug-likeness (QED) is 0.320. The topological polar surface area (TPSA) is 107 Å². The van der Waals surface area contributed by atoms with Crippen molar-refractivity contribution in [1.82, 2.24) is 20.3 Å². The molecule has 2 aromatic heterocycles. The van der Waals surface area contributed by atoms with Crippen molar-refractivity contribution in [1.29, 1.82) is 0 Å². The normalized spacial score (nSPS) is 33.8. The van der Waals surface area contributed by atoms with Gasteiger partial charge in [0.15, 0.2) is 5.82 Å². The second-order valence-corrected chi connectivity index (χ2v) is 15.8. The van der Waals surface area contributed by atoms with E-state index in [1.807, 2.05) is 29.2 Å². The summed E-state index contributed by atoms with van der Waals surface area (Å²) in [5.74, 6) is 2.65. The highest BCUT2D eigenvalue weighted by molar-refractivity contribution is 6.00. The van der Waals surface area contributed by atoms with Crippen molar-refractivity contribution in [2.75, 3.05) is 24.7 Å². The Morgan fingerprint density at radius 1 is 0.953 bits per heavy atom. The lowest BCUT2D eigenvalue weighted by Gasteiger charge is -2.65. The van der Waals surface area contributed by atoms with Crippen LogP contribution in [0.1, 0.15) is 103 Å².